The highest BCUT2D eigenvalue weighted by Crippen LogP contribution is 2.23. The third kappa shape index (κ3) is 2.97. The van der Waals surface area contributed by atoms with E-state index in [-0.39, 0.29) is 12.0 Å². The Kier molecular flexibility index (Phi) is 3.64. The molecule has 92 valence electrons. The van der Waals surface area contributed by atoms with E-state index in [2.05, 4.69) is 4.90 Å². The molecule has 2 atom stereocenters. The summed E-state index contributed by atoms with van der Waals surface area (Å²) in [6, 6.07) is 7.83. The Morgan fingerprint density at radius 3 is 3.06 bits per heavy atom. The summed E-state index contributed by atoms with van der Waals surface area (Å²) in [5.74, 6) is 0.729. The monoisotopic (exact) mass is 235 g/mol. The molecule has 1 fully saturated rings. The largest absolute Gasteiger partial charge is 0.497 e. The predicted octanol–water partition coefficient (Wildman–Crippen LogP) is 1.44. The summed E-state index contributed by atoms with van der Waals surface area (Å²) < 4.78 is 10.1. The Morgan fingerprint density at radius 2 is 2.35 bits per heavy atom. The van der Waals surface area contributed by atoms with Crippen LogP contribution in [0.1, 0.15) is 12.5 Å². The van der Waals surface area contributed by atoms with Gasteiger partial charge in [0.1, 0.15) is 11.8 Å². The fraction of sp³-hybridized carbons (Fsp3) is 0.462. The molecule has 0 saturated carbocycles. The number of hydrogen-bond acceptors (Lipinski definition) is 4. The summed E-state index contributed by atoms with van der Waals surface area (Å²) in [5.41, 5.74) is 1.15. The molecule has 1 aromatic rings. The molecule has 1 aromatic carbocycles. The van der Waals surface area contributed by atoms with Crippen LogP contribution in [0.15, 0.2) is 24.3 Å². The van der Waals surface area contributed by atoms with Gasteiger partial charge in [0, 0.05) is 13.1 Å². The van der Waals surface area contributed by atoms with Crippen molar-refractivity contribution >= 4 is 5.97 Å². The van der Waals surface area contributed by atoms with Crippen LogP contribution in [0.3, 0.4) is 0 Å². The molecule has 2 unspecified atom stereocenters. The fourth-order valence-electron chi connectivity index (χ4n) is 1.82. The smallest absolute Gasteiger partial charge is 0.324 e. The van der Waals surface area contributed by atoms with E-state index < -0.39 is 0 Å². The van der Waals surface area contributed by atoms with E-state index in [4.69, 9.17) is 9.47 Å². The summed E-state index contributed by atoms with van der Waals surface area (Å²) in [6.45, 7) is 3.83. The maximum absolute atomic E-state index is 11.4. The van der Waals surface area contributed by atoms with E-state index in [0.29, 0.717) is 6.61 Å². The van der Waals surface area contributed by atoms with Crippen LogP contribution in [-0.2, 0) is 16.1 Å². The Balaban J connectivity index is 1.88. The zero-order valence-electron chi connectivity index (χ0n) is 10.2. The number of nitrogens with zero attached hydrogens (tertiary/aromatic N) is 1. The van der Waals surface area contributed by atoms with Crippen molar-refractivity contribution in [3.05, 3.63) is 29.8 Å². The van der Waals surface area contributed by atoms with Gasteiger partial charge in [-0.2, -0.15) is 0 Å². The summed E-state index contributed by atoms with van der Waals surface area (Å²) in [4.78, 5) is 13.5. The van der Waals surface area contributed by atoms with Gasteiger partial charge < -0.3 is 9.47 Å². The lowest BCUT2D eigenvalue weighted by atomic mass is 10.2. The summed E-state index contributed by atoms with van der Waals surface area (Å²) in [7, 11) is 1.65. The van der Waals surface area contributed by atoms with Crippen molar-refractivity contribution in [3.8, 4) is 5.75 Å². The molecule has 0 N–H and O–H groups in total. The van der Waals surface area contributed by atoms with Crippen LogP contribution < -0.4 is 4.74 Å². The molecule has 0 aromatic heterocycles. The van der Waals surface area contributed by atoms with Crippen LogP contribution in [0.2, 0.25) is 0 Å². The normalized spacial score (nSPS) is 22.0. The van der Waals surface area contributed by atoms with E-state index in [1.807, 2.05) is 31.2 Å². The quantitative estimate of drug-likeness (QED) is 0.572. The van der Waals surface area contributed by atoms with Crippen molar-refractivity contribution in [2.45, 2.75) is 19.5 Å². The molecule has 0 bridgehead atoms. The van der Waals surface area contributed by atoms with Crippen LogP contribution in [0.5, 0.6) is 5.75 Å². The molecular weight excluding hydrogens is 218 g/mol. The van der Waals surface area contributed by atoms with Gasteiger partial charge in [0.05, 0.1) is 13.7 Å². The number of carbonyl (C=O) groups is 1. The number of rotatable bonds is 5. The van der Waals surface area contributed by atoms with Gasteiger partial charge in [0.25, 0.3) is 0 Å². The molecule has 1 heterocycles. The minimum atomic E-state index is -0.115. The topological polar surface area (TPSA) is 38.5 Å². The standard InChI is InChI=1S/C13H17NO3/c1-3-17-13(15)12-9-14(12)8-10-5-4-6-11(7-10)16-2/h4-7,12H,3,8-9H2,1-2H3. The van der Waals surface area contributed by atoms with Crippen LogP contribution >= 0.6 is 0 Å². The van der Waals surface area contributed by atoms with Gasteiger partial charge in [0.2, 0.25) is 0 Å². The van der Waals surface area contributed by atoms with E-state index in [9.17, 15) is 4.79 Å². The van der Waals surface area contributed by atoms with Crippen molar-refractivity contribution in [1.82, 2.24) is 4.90 Å². The van der Waals surface area contributed by atoms with Crippen molar-refractivity contribution in [2.24, 2.45) is 0 Å². The predicted molar refractivity (Wildman–Crippen MR) is 63.8 cm³/mol. The number of hydrogen-bond donors (Lipinski definition) is 0. The lowest BCUT2D eigenvalue weighted by Gasteiger charge is -2.06. The number of benzene rings is 1. The second kappa shape index (κ2) is 5.19. The van der Waals surface area contributed by atoms with Crippen LogP contribution in [0.25, 0.3) is 0 Å². The minimum Gasteiger partial charge on any atom is -0.497 e. The van der Waals surface area contributed by atoms with Gasteiger partial charge in [-0.1, -0.05) is 12.1 Å². The second-order valence-electron chi connectivity index (χ2n) is 4.05. The highest BCUT2D eigenvalue weighted by molar-refractivity contribution is 5.79. The first-order valence-corrected chi connectivity index (χ1v) is 5.78. The molecule has 0 radical (unpaired) electrons. The number of methoxy groups -OCH3 is 1. The Morgan fingerprint density at radius 1 is 1.53 bits per heavy atom. The third-order valence-electron chi connectivity index (χ3n) is 2.79. The first-order valence-electron chi connectivity index (χ1n) is 5.78. The van der Waals surface area contributed by atoms with Gasteiger partial charge in [-0.05, 0) is 24.6 Å². The Bertz CT molecular complexity index is 405. The van der Waals surface area contributed by atoms with E-state index in [1.165, 1.54) is 0 Å². The third-order valence-corrected chi connectivity index (χ3v) is 2.79. The molecule has 1 saturated heterocycles. The highest BCUT2D eigenvalue weighted by Gasteiger charge is 2.41. The maximum Gasteiger partial charge on any atom is 0.324 e. The Labute approximate surface area is 101 Å². The zero-order valence-corrected chi connectivity index (χ0v) is 10.2. The molecule has 0 amide bonds. The second-order valence-corrected chi connectivity index (χ2v) is 4.05. The molecule has 1 aliphatic rings. The first kappa shape index (κ1) is 11.9. The Hall–Kier alpha value is -1.55. The van der Waals surface area contributed by atoms with Gasteiger partial charge in [-0.3, -0.25) is 9.69 Å². The van der Waals surface area contributed by atoms with Gasteiger partial charge in [-0.25, -0.2) is 0 Å². The molecule has 0 aliphatic carbocycles. The summed E-state index contributed by atoms with van der Waals surface area (Å²) in [6.07, 6.45) is 0. The average Bonchev–Trinajstić information content (AvgIpc) is 3.09. The fourth-order valence-corrected chi connectivity index (χ4v) is 1.82. The lowest BCUT2D eigenvalue weighted by molar-refractivity contribution is -0.143. The highest BCUT2D eigenvalue weighted by atomic mass is 16.5. The molecular formula is C13H17NO3. The van der Waals surface area contributed by atoms with Crippen molar-refractivity contribution in [2.75, 3.05) is 20.3 Å². The van der Waals surface area contributed by atoms with E-state index in [0.717, 1.165) is 24.4 Å². The van der Waals surface area contributed by atoms with Crippen LogP contribution in [-0.4, -0.2) is 37.2 Å². The number of carbonyl (C=O) groups excluding carboxylic acids is 1. The van der Waals surface area contributed by atoms with E-state index in [1.54, 1.807) is 7.11 Å². The SMILES string of the molecule is CCOC(=O)C1CN1Cc1cccc(OC)c1. The first-order chi connectivity index (χ1) is 8.24. The van der Waals surface area contributed by atoms with Crippen LogP contribution in [0, 0.1) is 0 Å². The van der Waals surface area contributed by atoms with Gasteiger partial charge in [0.15, 0.2) is 0 Å². The van der Waals surface area contributed by atoms with E-state index >= 15 is 0 Å². The summed E-state index contributed by atoms with van der Waals surface area (Å²) in [5, 5.41) is 0. The van der Waals surface area contributed by atoms with Crippen LogP contribution in [0.4, 0.5) is 0 Å². The van der Waals surface area contributed by atoms with Crippen molar-refractivity contribution in [1.29, 1.82) is 0 Å². The van der Waals surface area contributed by atoms with Crippen molar-refractivity contribution in [3.63, 3.8) is 0 Å². The molecule has 4 nitrogen and oxygen atoms in total. The molecule has 2 rings (SSSR count). The van der Waals surface area contributed by atoms with Crippen molar-refractivity contribution < 1.29 is 14.3 Å². The average molecular weight is 235 g/mol. The number of ether oxygens (including phenoxy) is 2. The zero-order chi connectivity index (χ0) is 12.3. The molecule has 17 heavy (non-hydrogen) atoms. The maximum atomic E-state index is 11.4. The summed E-state index contributed by atoms with van der Waals surface area (Å²) >= 11 is 0. The molecule has 4 heteroatoms. The van der Waals surface area contributed by atoms with Gasteiger partial charge >= 0.3 is 5.97 Å². The number of esters is 1. The lowest BCUT2D eigenvalue weighted by Crippen LogP contribution is -2.16. The van der Waals surface area contributed by atoms with Gasteiger partial charge in [-0.15, -0.1) is 0 Å². The minimum absolute atomic E-state index is 0.0545. The molecule has 0 spiro atoms. The molecule has 1 aliphatic heterocycles.